The Hall–Kier alpha value is -3.32. The Bertz CT molecular complexity index is 1320. The first-order chi connectivity index (χ1) is 19.0. The molecular weight excluding hydrogens is 514 g/mol. The lowest BCUT2D eigenvalue weighted by Crippen LogP contribution is -2.45. The minimum Gasteiger partial charge on any atom is -0.465 e. The van der Waals surface area contributed by atoms with Crippen LogP contribution < -0.4 is 5.73 Å². The fourth-order valence-electron chi connectivity index (χ4n) is 5.79. The molecule has 0 spiro atoms. The number of fused-ring (bicyclic) bond motifs is 2. The monoisotopic (exact) mass is 553 g/mol. The van der Waals surface area contributed by atoms with Gasteiger partial charge in [-0.15, -0.1) is 0 Å². The van der Waals surface area contributed by atoms with E-state index in [0.717, 1.165) is 5.56 Å². The minimum atomic E-state index is -0.911. The Morgan fingerprint density at radius 1 is 1.15 bits per heavy atom. The van der Waals surface area contributed by atoms with Gasteiger partial charge in [-0.05, 0) is 45.3 Å². The first-order valence-corrected chi connectivity index (χ1v) is 13.7. The average molecular weight is 554 g/mol. The number of ether oxygens (including phenoxy) is 3. The van der Waals surface area contributed by atoms with Gasteiger partial charge in [0, 0.05) is 19.1 Å². The maximum Gasteiger partial charge on any atom is 0.407 e. The molecule has 2 fully saturated rings. The van der Waals surface area contributed by atoms with Gasteiger partial charge in [0.2, 0.25) is 0 Å². The third-order valence-electron chi connectivity index (χ3n) is 7.70. The van der Waals surface area contributed by atoms with Crippen LogP contribution in [0, 0.1) is 5.92 Å². The molecular formula is C28H39N7O5. The Balaban J connectivity index is 1.28. The summed E-state index contributed by atoms with van der Waals surface area (Å²) in [7, 11) is 2.02. The molecule has 2 aliphatic heterocycles. The van der Waals surface area contributed by atoms with Crippen molar-refractivity contribution < 1.29 is 24.1 Å². The summed E-state index contributed by atoms with van der Waals surface area (Å²) in [5, 5.41) is 10.1. The van der Waals surface area contributed by atoms with Gasteiger partial charge < -0.3 is 34.9 Å². The number of likely N-dealkylation sites (N-methyl/N-ethyl adjacent to an activating group) is 1. The van der Waals surface area contributed by atoms with Gasteiger partial charge in [-0.2, -0.15) is 0 Å². The standard InChI is InChI=1S/C28H39N7O5/c1-17(2)19(34(27(36)37)13-18-9-7-6-8-10-18)11-12-33(5)14-20-22-23(40-28(3,4)39-22)26(38-20)35-16-32-21-24(29)30-15-31-25(21)35/h6-10,15-17,19-20,22-23,26H,11-14H2,1-5H3,(H,36,37)(H2,29,30,31)/t19?,20-,22-,23-,26-/m1/s1. The number of anilines is 1. The summed E-state index contributed by atoms with van der Waals surface area (Å²) in [4.78, 5) is 28.8. The van der Waals surface area contributed by atoms with Crippen molar-refractivity contribution >= 4 is 23.1 Å². The summed E-state index contributed by atoms with van der Waals surface area (Å²) in [6, 6.07) is 9.57. The zero-order valence-corrected chi connectivity index (χ0v) is 23.7. The van der Waals surface area contributed by atoms with E-state index in [9.17, 15) is 9.90 Å². The number of carboxylic acid groups (broad SMARTS) is 1. The molecule has 1 amide bonds. The number of amides is 1. The molecule has 12 heteroatoms. The summed E-state index contributed by atoms with van der Waals surface area (Å²) in [5.41, 5.74) is 8.06. The summed E-state index contributed by atoms with van der Waals surface area (Å²) in [6.07, 6.45) is 1.39. The Morgan fingerprint density at radius 3 is 2.58 bits per heavy atom. The number of imidazole rings is 1. The summed E-state index contributed by atoms with van der Waals surface area (Å²) in [5.74, 6) is -0.303. The zero-order valence-electron chi connectivity index (χ0n) is 23.7. The largest absolute Gasteiger partial charge is 0.465 e. The van der Waals surface area contributed by atoms with E-state index in [1.807, 2.05) is 55.8 Å². The van der Waals surface area contributed by atoms with E-state index in [4.69, 9.17) is 19.9 Å². The molecule has 4 heterocycles. The van der Waals surface area contributed by atoms with E-state index >= 15 is 0 Å². The van der Waals surface area contributed by atoms with E-state index in [1.54, 1.807) is 11.2 Å². The Labute approximate surface area is 234 Å². The highest BCUT2D eigenvalue weighted by Gasteiger charge is 2.56. The molecule has 2 aliphatic rings. The van der Waals surface area contributed by atoms with Gasteiger partial charge in [-0.25, -0.2) is 19.7 Å². The molecule has 0 bridgehead atoms. The molecule has 1 unspecified atom stereocenters. The second-order valence-corrected chi connectivity index (χ2v) is 11.5. The molecule has 3 N–H and O–H groups in total. The maximum absolute atomic E-state index is 12.3. The van der Waals surface area contributed by atoms with Gasteiger partial charge in [0.05, 0.1) is 6.33 Å². The fourth-order valence-corrected chi connectivity index (χ4v) is 5.79. The van der Waals surface area contributed by atoms with Crippen LogP contribution in [0.5, 0.6) is 0 Å². The smallest absolute Gasteiger partial charge is 0.407 e. The average Bonchev–Trinajstić information content (AvgIpc) is 3.56. The summed E-state index contributed by atoms with van der Waals surface area (Å²) < 4.78 is 20.9. The van der Waals surface area contributed by atoms with E-state index < -0.39 is 18.1 Å². The molecule has 2 saturated heterocycles. The predicted molar refractivity (Wildman–Crippen MR) is 148 cm³/mol. The quantitative estimate of drug-likeness (QED) is 0.384. The second kappa shape index (κ2) is 11.3. The van der Waals surface area contributed by atoms with Crippen molar-refractivity contribution in [1.82, 2.24) is 29.3 Å². The number of carbonyl (C=O) groups is 1. The van der Waals surface area contributed by atoms with Crippen LogP contribution in [-0.2, 0) is 20.8 Å². The van der Waals surface area contributed by atoms with Crippen molar-refractivity contribution in [3.8, 4) is 0 Å². The van der Waals surface area contributed by atoms with Gasteiger partial charge in [0.25, 0.3) is 0 Å². The first kappa shape index (κ1) is 28.2. The predicted octanol–water partition coefficient (Wildman–Crippen LogP) is 3.35. The molecule has 3 aromatic rings. The van der Waals surface area contributed by atoms with Crippen LogP contribution in [-0.4, -0.2) is 90.8 Å². The van der Waals surface area contributed by atoms with Crippen LogP contribution in [0.25, 0.3) is 11.2 Å². The normalized spacial score (nSPS) is 24.6. The highest BCUT2D eigenvalue weighted by atomic mass is 16.8. The van der Waals surface area contributed by atoms with Crippen molar-refractivity contribution in [2.75, 3.05) is 25.9 Å². The second-order valence-electron chi connectivity index (χ2n) is 11.5. The van der Waals surface area contributed by atoms with E-state index in [0.29, 0.717) is 43.0 Å². The van der Waals surface area contributed by atoms with Crippen LogP contribution in [0.4, 0.5) is 10.6 Å². The fraction of sp³-hybridized carbons (Fsp3) is 0.571. The third-order valence-corrected chi connectivity index (χ3v) is 7.70. The number of nitrogen functional groups attached to an aromatic ring is 1. The number of nitrogens with zero attached hydrogens (tertiary/aromatic N) is 6. The van der Waals surface area contributed by atoms with Gasteiger partial charge in [-0.1, -0.05) is 44.2 Å². The molecule has 0 aliphatic carbocycles. The van der Waals surface area contributed by atoms with Crippen LogP contribution in [0.15, 0.2) is 43.0 Å². The molecule has 216 valence electrons. The molecule has 40 heavy (non-hydrogen) atoms. The lowest BCUT2D eigenvalue weighted by molar-refractivity contribution is -0.197. The van der Waals surface area contributed by atoms with Gasteiger partial charge in [-0.3, -0.25) is 4.57 Å². The van der Waals surface area contributed by atoms with Gasteiger partial charge in [0.15, 0.2) is 23.5 Å². The lowest BCUT2D eigenvalue weighted by Gasteiger charge is -2.34. The molecule has 2 aromatic heterocycles. The first-order valence-electron chi connectivity index (χ1n) is 13.7. The Morgan fingerprint density at radius 2 is 1.88 bits per heavy atom. The summed E-state index contributed by atoms with van der Waals surface area (Å²) >= 11 is 0. The van der Waals surface area contributed by atoms with Crippen LogP contribution in [0.2, 0.25) is 0 Å². The highest BCUT2D eigenvalue weighted by molar-refractivity contribution is 5.81. The summed E-state index contributed by atoms with van der Waals surface area (Å²) in [6.45, 7) is 9.55. The molecule has 1 aromatic carbocycles. The number of benzene rings is 1. The zero-order chi connectivity index (χ0) is 28.6. The van der Waals surface area contributed by atoms with E-state index in [-0.39, 0.29) is 30.3 Å². The molecule has 0 radical (unpaired) electrons. The van der Waals surface area contributed by atoms with Gasteiger partial charge >= 0.3 is 6.09 Å². The molecule has 0 saturated carbocycles. The molecule has 12 nitrogen and oxygen atoms in total. The van der Waals surface area contributed by atoms with E-state index in [1.165, 1.54) is 6.33 Å². The lowest BCUT2D eigenvalue weighted by atomic mass is 9.98. The number of hydrogen-bond donors (Lipinski definition) is 2. The number of rotatable bonds is 10. The Kier molecular flexibility index (Phi) is 7.96. The van der Waals surface area contributed by atoms with Gasteiger partial charge in [0.1, 0.15) is 30.2 Å². The van der Waals surface area contributed by atoms with Crippen molar-refractivity contribution in [1.29, 1.82) is 0 Å². The van der Waals surface area contributed by atoms with Crippen molar-refractivity contribution in [2.45, 2.75) is 77.0 Å². The van der Waals surface area contributed by atoms with E-state index in [2.05, 4.69) is 33.7 Å². The molecule has 5 atom stereocenters. The SMILES string of the molecule is CC(C)C(CCN(C)C[C@H]1O[C@@H](n2cnc3c(N)ncnc32)[C@@H]2OC(C)(C)O[C@@H]21)N(Cc1ccccc1)C(=O)O. The maximum atomic E-state index is 12.3. The minimum absolute atomic E-state index is 0.141. The highest BCUT2D eigenvalue weighted by Crippen LogP contribution is 2.44. The third kappa shape index (κ3) is 5.75. The van der Waals surface area contributed by atoms with Crippen LogP contribution in [0.1, 0.15) is 45.9 Å². The van der Waals surface area contributed by atoms with Crippen molar-refractivity contribution in [3.05, 3.63) is 48.5 Å². The van der Waals surface area contributed by atoms with Crippen molar-refractivity contribution in [3.63, 3.8) is 0 Å². The van der Waals surface area contributed by atoms with Crippen molar-refractivity contribution in [2.24, 2.45) is 5.92 Å². The number of aromatic nitrogens is 4. The van der Waals surface area contributed by atoms with Crippen LogP contribution >= 0.6 is 0 Å². The number of hydrogen-bond acceptors (Lipinski definition) is 9. The van der Waals surface area contributed by atoms with Crippen LogP contribution in [0.3, 0.4) is 0 Å². The number of nitrogens with two attached hydrogens (primary N) is 1. The topological polar surface area (TPSA) is 141 Å². The molecule has 5 rings (SSSR count).